The smallest absolute Gasteiger partial charge is 0.247 e. The Balaban J connectivity index is 1.47. The van der Waals surface area contributed by atoms with Crippen LogP contribution in [0.5, 0.6) is 11.6 Å². The van der Waals surface area contributed by atoms with Crippen LogP contribution in [0.2, 0.25) is 5.02 Å². The highest BCUT2D eigenvalue weighted by Crippen LogP contribution is 2.32. The van der Waals surface area contributed by atoms with Crippen molar-refractivity contribution in [1.29, 1.82) is 0 Å². The van der Waals surface area contributed by atoms with Gasteiger partial charge in [0.2, 0.25) is 11.8 Å². The number of rotatable bonds is 7. The number of likely N-dealkylation sites (N-methyl/N-ethyl adjacent to an activating group) is 1. The lowest BCUT2D eigenvalue weighted by molar-refractivity contribution is -0.111. The highest BCUT2D eigenvalue weighted by molar-refractivity contribution is 6.31. The fourth-order valence-corrected chi connectivity index (χ4v) is 3.93. The maximum atomic E-state index is 11.6. The lowest BCUT2D eigenvalue weighted by Gasteiger charge is -2.35. The fraction of sp³-hybridized carbons (Fsp3) is 0.231. The number of benzene rings is 2. The Labute approximate surface area is 205 Å². The minimum Gasteiger partial charge on any atom is -0.437 e. The summed E-state index contributed by atoms with van der Waals surface area (Å²) >= 11 is 6.33. The standard InChI is InChI=1S/C26H28ClN5O2/c1-4-25(33)29-19-6-5-7-21(17-19)34-26-22(27)9-11-24(30-26)28-20-8-10-23(18(2)16-20)32-14-12-31(3)13-15-32/h4-11,16-17H,1,12-15H2,2-3H3,(H,28,30)(H,29,33). The Morgan fingerprint density at radius 3 is 2.62 bits per heavy atom. The van der Waals surface area contributed by atoms with E-state index in [0.717, 1.165) is 31.9 Å². The van der Waals surface area contributed by atoms with Gasteiger partial charge in [0.25, 0.3) is 0 Å². The third-order valence-electron chi connectivity index (χ3n) is 5.63. The molecule has 0 atom stereocenters. The van der Waals surface area contributed by atoms with Gasteiger partial charge in [0.1, 0.15) is 16.6 Å². The molecule has 1 aliphatic heterocycles. The van der Waals surface area contributed by atoms with Crippen LogP contribution in [-0.2, 0) is 4.79 Å². The van der Waals surface area contributed by atoms with Crippen molar-refractivity contribution >= 4 is 40.4 Å². The number of hydrogen-bond donors (Lipinski definition) is 2. The van der Waals surface area contributed by atoms with E-state index in [1.54, 1.807) is 36.4 Å². The van der Waals surface area contributed by atoms with E-state index in [9.17, 15) is 4.79 Å². The van der Waals surface area contributed by atoms with Gasteiger partial charge < -0.3 is 25.2 Å². The first-order chi connectivity index (χ1) is 16.4. The van der Waals surface area contributed by atoms with Crippen molar-refractivity contribution in [1.82, 2.24) is 9.88 Å². The molecule has 1 aliphatic rings. The molecule has 1 aromatic heterocycles. The van der Waals surface area contributed by atoms with Crippen LogP contribution in [0.1, 0.15) is 5.56 Å². The molecule has 0 unspecified atom stereocenters. The summed E-state index contributed by atoms with van der Waals surface area (Å²) in [5.41, 5.74) is 3.99. The highest BCUT2D eigenvalue weighted by atomic mass is 35.5. The lowest BCUT2D eigenvalue weighted by Crippen LogP contribution is -2.44. The van der Waals surface area contributed by atoms with E-state index in [1.807, 2.05) is 0 Å². The van der Waals surface area contributed by atoms with Crippen LogP contribution in [0.15, 0.2) is 67.3 Å². The molecule has 0 aliphatic carbocycles. The second-order valence-electron chi connectivity index (χ2n) is 8.22. The summed E-state index contributed by atoms with van der Waals surface area (Å²) in [5, 5.41) is 6.42. The quantitative estimate of drug-likeness (QED) is 0.440. The van der Waals surface area contributed by atoms with E-state index < -0.39 is 0 Å². The topological polar surface area (TPSA) is 69.7 Å². The van der Waals surface area contributed by atoms with Crippen LogP contribution in [0.25, 0.3) is 0 Å². The molecule has 1 fully saturated rings. The monoisotopic (exact) mass is 477 g/mol. The van der Waals surface area contributed by atoms with Crippen LogP contribution < -0.4 is 20.3 Å². The Morgan fingerprint density at radius 1 is 1.09 bits per heavy atom. The molecule has 2 heterocycles. The van der Waals surface area contributed by atoms with Gasteiger partial charge in [-0.05, 0) is 68.1 Å². The van der Waals surface area contributed by atoms with E-state index in [4.69, 9.17) is 16.3 Å². The second kappa shape index (κ2) is 10.6. The first-order valence-corrected chi connectivity index (χ1v) is 11.5. The summed E-state index contributed by atoms with van der Waals surface area (Å²) in [6, 6.07) is 16.9. The number of carbonyl (C=O) groups excluding carboxylic acids is 1. The van der Waals surface area contributed by atoms with Crippen molar-refractivity contribution in [2.45, 2.75) is 6.92 Å². The Kier molecular flexibility index (Phi) is 7.35. The first kappa shape index (κ1) is 23.6. The van der Waals surface area contributed by atoms with E-state index in [1.165, 1.54) is 17.3 Å². The number of halogens is 1. The average molecular weight is 478 g/mol. The normalized spacial score (nSPS) is 13.9. The van der Waals surface area contributed by atoms with Crippen LogP contribution in [0.4, 0.5) is 22.9 Å². The molecule has 0 radical (unpaired) electrons. The van der Waals surface area contributed by atoms with Gasteiger partial charge in [-0.1, -0.05) is 24.2 Å². The van der Waals surface area contributed by atoms with Crippen molar-refractivity contribution in [3.8, 4) is 11.6 Å². The van der Waals surface area contributed by atoms with Crippen LogP contribution in [0, 0.1) is 6.92 Å². The molecule has 34 heavy (non-hydrogen) atoms. The van der Waals surface area contributed by atoms with Crippen molar-refractivity contribution in [2.75, 3.05) is 48.8 Å². The summed E-state index contributed by atoms with van der Waals surface area (Å²) in [4.78, 5) is 20.9. The van der Waals surface area contributed by atoms with Gasteiger partial charge >= 0.3 is 0 Å². The first-order valence-electron chi connectivity index (χ1n) is 11.1. The number of piperazine rings is 1. The predicted molar refractivity (Wildman–Crippen MR) is 139 cm³/mol. The number of pyridine rings is 1. The molecule has 7 nitrogen and oxygen atoms in total. The number of anilines is 4. The molecule has 4 rings (SSSR count). The van der Waals surface area contributed by atoms with E-state index in [0.29, 0.717) is 22.3 Å². The molecule has 0 saturated carbocycles. The number of amides is 1. The number of hydrogen-bond acceptors (Lipinski definition) is 6. The van der Waals surface area contributed by atoms with Crippen LogP contribution >= 0.6 is 11.6 Å². The fourth-order valence-electron chi connectivity index (χ4n) is 3.79. The number of nitrogens with one attached hydrogen (secondary N) is 2. The van der Waals surface area contributed by atoms with Crippen LogP contribution in [-0.4, -0.2) is 49.0 Å². The maximum Gasteiger partial charge on any atom is 0.247 e. The number of aromatic nitrogens is 1. The minimum atomic E-state index is -0.298. The molecule has 0 bridgehead atoms. The van der Waals surface area contributed by atoms with Gasteiger partial charge in [0.05, 0.1) is 0 Å². The predicted octanol–water partition coefficient (Wildman–Crippen LogP) is 5.46. The molecule has 8 heteroatoms. The lowest BCUT2D eigenvalue weighted by atomic mass is 10.1. The third kappa shape index (κ3) is 5.87. The molecular formula is C26H28ClN5O2. The number of nitrogens with zero attached hydrogens (tertiary/aromatic N) is 3. The summed E-state index contributed by atoms with van der Waals surface area (Å²) in [5.74, 6) is 1.08. The minimum absolute atomic E-state index is 0.268. The van der Waals surface area contributed by atoms with Gasteiger partial charge in [-0.3, -0.25) is 4.79 Å². The Hall–Kier alpha value is -3.55. The largest absolute Gasteiger partial charge is 0.437 e. The maximum absolute atomic E-state index is 11.6. The van der Waals surface area contributed by atoms with Crippen molar-refractivity contribution < 1.29 is 9.53 Å². The zero-order valence-electron chi connectivity index (χ0n) is 19.3. The van der Waals surface area contributed by atoms with Gasteiger partial charge in [-0.15, -0.1) is 0 Å². The number of aryl methyl sites for hydroxylation is 1. The van der Waals surface area contributed by atoms with Crippen molar-refractivity contribution in [3.05, 3.63) is 77.8 Å². The van der Waals surface area contributed by atoms with Crippen LogP contribution in [0.3, 0.4) is 0 Å². The summed E-state index contributed by atoms with van der Waals surface area (Å²) in [6.45, 7) is 9.78. The zero-order chi connectivity index (χ0) is 24.1. The molecule has 2 N–H and O–H groups in total. The summed E-state index contributed by atoms with van der Waals surface area (Å²) < 4.78 is 5.90. The van der Waals surface area contributed by atoms with Gasteiger partial charge in [0, 0.05) is 49.3 Å². The highest BCUT2D eigenvalue weighted by Gasteiger charge is 2.16. The zero-order valence-corrected chi connectivity index (χ0v) is 20.1. The summed E-state index contributed by atoms with van der Waals surface area (Å²) in [6.07, 6.45) is 1.21. The second-order valence-corrected chi connectivity index (χ2v) is 8.63. The molecule has 0 spiro atoms. The third-order valence-corrected chi connectivity index (χ3v) is 5.92. The molecule has 2 aromatic carbocycles. The van der Waals surface area contributed by atoms with E-state index in [2.05, 4.69) is 64.2 Å². The van der Waals surface area contributed by atoms with E-state index >= 15 is 0 Å². The average Bonchev–Trinajstić information content (AvgIpc) is 2.82. The van der Waals surface area contributed by atoms with Gasteiger partial charge in [-0.25, -0.2) is 0 Å². The molecule has 176 valence electrons. The van der Waals surface area contributed by atoms with E-state index in [-0.39, 0.29) is 11.8 Å². The molecule has 1 amide bonds. The van der Waals surface area contributed by atoms with Crippen molar-refractivity contribution in [2.24, 2.45) is 0 Å². The molecule has 1 saturated heterocycles. The molecule has 3 aromatic rings. The summed E-state index contributed by atoms with van der Waals surface area (Å²) in [7, 11) is 2.16. The molecular weight excluding hydrogens is 450 g/mol. The number of ether oxygens (including phenoxy) is 1. The Bertz CT molecular complexity index is 1190. The van der Waals surface area contributed by atoms with Crippen molar-refractivity contribution in [3.63, 3.8) is 0 Å². The number of carbonyl (C=O) groups is 1. The van der Waals surface area contributed by atoms with Gasteiger partial charge in [0.15, 0.2) is 0 Å². The van der Waals surface area contributed by atoms with Gasteiger partial charge in [-0.2, -0.15) is 4.98 Å². The SMILES string of the molecule is C=CC(=O)Nc1cccc(Oc2nc(Nc3ccc(N4CCN(C)CC4)c(C)c3)ccc2Cl)c1. The Morgan fingerprint density at radius 2 is 1.88 bits per heavy atom.